The molecule has 2 N–H and O–H groups in total. The molecule has 174 valence electrons. The lowest BCUT2D eigenvalue weighted by molar-refractivity contribution is -0.0390. The number of guanidine groups is 1. The minimum atomic E-state index is 0.338. The van der Waals surface area contributed by atoms with Gasteiger partial charge in [0, 0.05) is 38.9 Å². The van der Waals surface area contributed by atoms with Gasteiger partial charge in [-0.2, -0.15) is 0 Å². The van der Waals surface area contributed by atoms with Crippen LogP contribution in [0, 0.1) is 0 Å². The average Bonchev–Trinajstić information content (AvgIpc) is 2.81. The lowest BCUT2D eigenvalue weighted by atomic mass is 10.0. The number of piperidine rings is 1. The maximum atomic E-state index is 6.01. The van der Waals surface area contributed by atoms with Gasteiger partial charge in [0.2, 0.25) is 0 Å². The first kappa shape index (κ1) is 24.0. The third kappa shape index (κ3) is 8.79. The first-order valence-corrected chi connectivity index (χ1v) is 12.3. The molecular formula is C25H42N4O2. The van der Waals surface area contributed by atoms with Gasteiger partial charge in [-0.05, 0) is 63.6 Å². The Morgan fingerprint density at radius 2 is 1.87 bits per heavy atom. The van der Waals surface area contributed by atoms with E-state index in [9.17, 15) is 0 Å². The van der Waals surface area contributed by atoms with Gasteiger partial charge in [-0.15, -0.1) is 0 Å². The van der Waals surface area contributed by atoms with E-state index in [1.165, 1.54) is 43.5 Å². The molecular weight excluding hydrogens is 388 g/mol. The highest BCUT2D eigenvalue weighted by Gasteiger charge is 2.17. The summed E-state index contributed by atoms with van der Waals surface area (Å²) < 4.78 is 11.4. The van der Waals surface area contributed by atoms with Gasteiger partial charge < -0.3 is 25.0 Å². The fraction of sp³-hybridized carbons (Fsp3) is 0.720. The second-order valence-electron chi connectivity index (χ2n) is 8.80. The molecule has 1 unspecified atom stereocenters. The quantitative estimate of drug-likeness (QED) is 0.337. The molecule has 3 rings (SSSR count). The summed E-state index contributed by atoms with van der Waals surface area (Å²) in [5, 5.41) is 6.86. The average molecular weight is 431 g/mol. The van der Waals surface area contributed by atoms with Gasteiger partial charge in [-0.1, -0.05) is 30.7 Å². The summed E-state index contributed by atoms with van der Waals surface area (Å²) in [5.74, 6) is 0.904. The Hall–Kier alpha value is -1.63. The van der Waals surface area contributed by atoms with Crippen molar-refractivity contribution in [2.24, 2.45) is 4.99 Å². The number of aliphatic imine (C=N–C) groups is 1. The summed E-state index contributed by atoms with van der Waals surface area (Å²) in [6, 6.07) is 9.37. The topological polar surface area (TPSA) is 58.1 Å². The van der Waals surface area contributed by atoms with E-state index in [2.05, 4.69) is 53.6 Å². The lowest BCUT2D eigenvalue weighted by Crippen LogP contribution is -2.41. The van der Waals surface area contributed by atoms with Crippen LogP contribution >= 0.6 is 0 Å². The zero-order chi connectivity index (χ0) is 21.7. The summed E-state index contributed by atoms with van der Waals surface area (Å²) in [5.41, 5.74) is 2.44. The first-order chi connectivity index (χ1) is 15.2. The van der Waals surface area contributed by atoms with Crippen molar-refractivity contribution < 1.29 is 9.47 Å². The molecule has 0 bridgehead atoms. The Balaban J connectivity index is 1.38. The SMILES string of the molecule is CCNC(=NCc1ccc(COC2CCOCC2)cc1)NCCCN1CCCCC1C. The zero-order valence-electron chi connectivity index (χ0n) is 19.6. The molecule has 2 heterocycles. The fourth-order valence-corrected chi connectivity index (χ4v) is 4.29. The van der Waals surface area contributed by atoms with Crippen LogP contribution in [0.25, 0.3) is 0 Å². The van der Waals surface area contributed by atoms with Gasteiger partial charge in [0.25, 0.3) is 0 Å². The van der Waals surface area contributed by atoms with Crippen molar-refractivity contribution in [3.8, 4) is 0 Å². The van der Waals surface area contributed by atoms with E-state index < -0.39 is 0 Å². The predicted octanol–water partition coefficient (Wildman–Crippen LogP) is 3.70. The third-order valence-corrected chi connectivity index (χ3v) is 6.30. The van der Waals surface area contributed by atoms with Crippen LogP contribution in [-0.4, -0.2) is 62.4 Å². The van der Waals surface area contributed by atoms with E-state index in [1.807, 2.05) is 0 Å². The van der Waals surface area contributed by atoms with Crippen molar-refractivity contribution in [1.29, 1.82) is 0 Å². The number of rotatable bonds is 10. The number of nitrogens with zero attached hydrogens (tertiary/aromatic N) is 2. The Kier molecular flexibility index (Phi) is 10.6. The molecule has 1 aromatic carbocycles. The fourth-order valence-electron chi connectivity index (χ4n) is 4.29. The lowest BCUT2D eigenvalue weighted by Gasteiger charge is -2.33. The van der Waals surface area contributed by atoms with Gasteiger partial charge in [0.15, 0.2) is 5.96 Å². The van der Waals surface area contributed by atoms with E-state index in [4.69, 9.17) is 14.5 Å². The number of benzene rings is 1. The highest BCUT2D eigenvalue weighted by atomic mass is 16.5. The summed E-state index contributed by atoms with van der Waals surface area (Å²) in [6.07, 6.45) is 7.58. The van der Waals surface area contributed by atoms with E-state index in [0.717, 1.165) is 57.6 Å². The molecule has 2 aliphatic rings. The van der Waals surface area contributed by atoms with Crippen molar-refractivity contribution in [3.05, 3.63) is 35.4 Å². The van der Waals surface area contributed by atoms with Crippen molar-refractivity contribution in [3.63, 3.8) is 0 Å². The maximum absolute atomic E-state index is 6.01. The van der Waals surface area contributed by atoms with Crippen LogP contribution in [0.1, 0.15) is 63.5 Å². The summed E-state index contributed by atoms with van der Waals surface area (Å²) in [4.78, 5) is 7.40. The monoisotopic (exact) mass is 430 g/mol. The van der Waals surface area contributed by atoms with E-state index in [-0.39, 0.29) is 0 Å². The second kappa shape index (κ2) is 13.7. The molecule has 1 atom stereocenters. The van der Waals surface area contributed by atoms with Crippen LogP contribution in [0.2, 0.25) is 0 Å². The van der Waals surface area contributed by atoms with Crippen LogP contribution in [0.15, 0.2) is 29.3 Å². The second-order valence-corrected chi connectivity index (χ2v) is 8.80. The molecule has 2 fully saturated rings. The van der Waals surface area contributed by atoms with Crippen LogP contribution in [0.4, 0.5) is 0 Å². The smallest absolute Gasteiger partial charge is 0.191 e. The standard InChI is InChI=1S/C25H42N4O2/c1-3-26-25(27-14-6-16-29-15-5-4-7-21(29)2)28-19-22-8-10-23(11-9-22)20-31-24-12-17-30-18-13-24/h8-11,21,24H,3-7,12-20H2,1-2H3,(H2,26,27,28). The van der Waals surface area contributed by atoms with Gasteiger partial charge in [0.05, 0.1) is 19.3 Å². The van der Waals surface area contributed by atoms with Crippen molar-refractivity contribution in [2.75, 3.05) is 39.4 Å². The van der Waals surface area contributed by atoms with Gasteiger partial charge >= 0.3 is 0 Å². The molecule has 0 aliphatic carbocycles. The van der Waals surface area contributed by atoms with E-state index in [1.54, 1.807) is 0 Å². The number of hydrogen-bond acceptors (Lipinski definition) is 4. The van der Waals surface area contributed by atoms with Gasteiger partial charge in [-0.3, -0.25) is 0 Å². The first-order valence-electron chi connectivity index (χ1n) is 12.3. The highest BCUT2D eigenvalue weighted by molar-refractivity contribution is 5.79. The number of likely N-dealkylation sites (tertiary alicyclic amines) is 1. The number of nitrogens with one attached hydrogen (secondary N) is 2. The molecule has 0 amide bonds. The summed E-state index contributed by atoms with van der Waals surface area (Å²) in [7, 11) is 0. The van der Waals surface area contributed by atoms with Crippen LogP contribution < -0.4 is 10.6 Å². The predicted molar refractivity (Wildman–Crippen MR) is 127 cm³/mol. The van der Waals surface area contributed by atoms with Gasteiger partial charge in [0.1, 0.15) is 0 Å². The minimum absolute atomic E-state index is 0.338. The Morgan fingerprint density at radius 3 is 2.61 bits per heavy atom. The Labute approximate surface area is 188 Å². The molecule has 2 saturated heterocycles. The maximum Gasteiger partial charge on any atom is 0.191 e. The normalized spacial score (nSPS) is 21.2. The molecule has 6 heteroatoms. The third-order valence-electron chi connectivity index (χ3n) is 6.30. The summed E-state index contributed by atoms with van der Waals surface area (Å²) in [6.45, 7) is 11.7. The van der Waals surface area contributed by atoms with Crippen molar-refractivity contribution in [1.82, 2.24) is 15.5 Å². The zero-order valence-corrected chi connectivity index (χ0v) is 19.6. The largest absolute Gasteiger partial charge is 0.381 e. The van der Waals surface area contributed by atoms with Gasteiger partial charge in [-0.25, -0.2) is 4.99 Å². The van der Waals surface area contributed by atoms with Crippen LogP contribution in [0.5, 0.6) is 0 Å². The molecule has 0 saturated carbocycles. The summed E-state index contributed by atoms with van der Waals surface area (Å²) >= 11 is 0. The molecule has 31 heavy (non-hydrogen) atoms. The van der Waals surface area contributed by atoms with Crippen molar-refractivity contribution in [2.45, 2.75) is 77.7 Å². The number of ether oxygens (including phenoxy) is 2. The molecule has 6 nitrogen and oxygen atoms in total. The van der Waals surface area contributed by atoms with Crippen LogP contribution in [0.3, 0.4) is 0 Å². The van der Waals surface area contributed by atoms with Crippen molar-refractivity contribution >= 4 is 5.96 Å². The Bertz CT molecular complexity index is 643. The molecule has 0 radical (unpaired) electrons. The molecule has 1 aromatic rings. The molecule has 0 spiro atoms. The highest BCUT2D eigenvalue weighted by Crippen LogP contribution is 2.16. The Morgan fingerprint density at radius 1 is 1.10 bits per heavy atom. The van der Waals surface area contributed by atoms with E-state index >= 15 is 0 Å². The molecule has 0 aromatic heterocycles. The number of hydrogen-bond donors (Lipinski definition) is 2. The van der Waals surface area contributed by atoms with E-state index in [0.29, 0.717) is 19.3 Å². The van der Waals surface area contributed by atoms with Crippen LogP contribution in [-0.2, 0) is 22.6 Å². The molecule has 2 aliphatic heterocycles. The minimum Gasteiger partial charge on any atom is -0.381 e.